The second kappa shape index (κ2) is 7.69. The third-order valence-electron chi connectivity index (χ3n) is 3.06. The van der Waals surface area contributed by atoms with Gasteiger partial charge in [0.05, 0.1) is 5.41 Å². The van der Waals surface area contributed by atoms with Gasteiger partial charge in [0, 0.05) is 6.61 Å². The van der Waals surface area contributed by atoms with Crippen LogP contribution < -0.4 is 0 Å². The fraction of sp³-hybridized carbons (Fsp3) is 0.917. The molecule has 0 radical (unpaired) electrons. The van der Waals surface area contributed by atoms with Crippen molar-refractivity contribution in [1.29, 1.82) is 0 Å². The number of hydrogen-bond acceptors (Lipinski definition) is 2. The van der Waals surface area contributed by atoms with Crippen LogP contribution in [0.2, 0.25) is 0 Å². The van der Waals surface area contributed by atoms with Gasteiger partial charge in [-0.3, -0.25) is 4.79 Å². The van der Waals surface area contributed by atoms with E-state index in [0.29, 0.717) is 19.3 Å². The monoisotopic (exact) mass is 216 g/mol. The largest absolute Gasteiger partial charge is 0.481 e. The molecule has 90 valence electrons. The van der Waals surface area contributed by atoms with Gasteiger partial charge in [-0.05, 0) is 19.3 Å². The Bertz CT molecular complexity index is 170. The summed E-state index contributed by atoms with van der Waals surface area (Å²) in [6, 6.07) is 0. The summed E-state index contributed by atoms with van der Waals surface area (Å²) < 4.78 is 0. The van der Waals surface area contributed by atoms with Gasteiger partial charge in [-0.25, -0.2) is 0 Å². The molecule has 0 heterocycles. The minimum atomic E-state index is -0.738. The average Bonchev–Trinajstić information content (AvgIpc) is 2.22. The molecule has 0 saturated carbocycles. The molecule has 3 heteroatoms. The number of rotatable bonds is 9. The zero-order valence-electron chi connectivity index (χ0n) is 9.96. The first-order valence-corrected chi connectivity index (χ1v) is 5.97. The van der Waals surface area contributed by atoms with E-state index in [9.17, 15) is 9.90 Å². The molecule has 0 spiro atoms. The third-order valence-corrected chi connectivity index (χ3v) is 3.06. The van der Waals surface area contributed by atoms with E-state index in [-0.39, 0.29) is 6.61 Å². The van der Waals surface area contributed by atoms with Crippen LogP contribution in [-0.4, -0.2) is 22.8 Å². The molecule has 0 rings (SSSR count). The fourth-order valence-electron chi connectivity index (χ4n) is 1.94. The lowest BCUT2D eigenvalue weighted by molar-refractivity contribution is -0.151. The molecular formula is C12H24O3. The minimum Gasteiger partial charge on any atom is -0.481 e. The zero-order valence-corrected chi connectivity index (χ0v) is 9.96. The van der Waals surface area contributed by atoms with Crippen molar-refractivity contribution < 1.29 is 15.0 Å². The van der Waals surface area contributed by atoms with Gasteiger partial charge >= 0.3 is 5.97 Å². The maximum atomic E-state index is 11.3. The molecule has 0 aliphatic carbocycles. The molecule has 15 heavy (non-hydrogen) atoms. The van der Waals surface area contributed by atoms with Crippen molar-refractivity contribution in [2.45, 2.75) is 58.8 Å². The Morgan fingerprint density at radius 1 is 1.07 bits per heavy atom. The summed E-state index contributed by atoms with van der Waals surface area (Å²) in [5.41, 5.74) is -0.680. The first kappa shape index (κ1) is 14.4. The topological polar surface area (TPSA) is 57.5 Å². The molecule has 0 aliphatic heterocycles. The van der Waals surface area contributed by atoms with E-state index >= 15 is 0 Å². The van der Waals surface area contributed by atoms with Crippen LogP contribution in [-0.2, 0) is 4.79 Å². The van der Waals surface area contributed by atoms with E-state index in [2.05, 4.69) is 13.8 Å². The molecule has 3 nitrogen and oxygen atoms in total. The first-order valence-electron chi connectivity index (χ1n) is 5.97. The number of unbranched alkanes of at least 4 members (excludes halogenated alkanes) is 2. The highest BCUT2D eigenvalue weighted by atomic mass is 16.4. The number of carboxylic acids is 1. The van der Waals surface area contributed by atoms with Crippen LogP contribution in [0.25, 0.3) is 0 Å². The number of hydrogen-bond donors (Lipinski definition) is 2. The average molecular weight is 216 g/mol. The molecule has 0 atom stereocenters. The van der Waals surface area contributed by atoms with Crippen molar-refractivity contribution in [3.05, 3.63) is 0 Å². The SMILES string of the molecule is CCCCC(CCO)(CCCC)C(=O)O. The van der Waals surface area contributed by atoms with Gasteiger partial charge in [-0.15, -0.1) is 0 Å². The predicted octanol–water partition coefficient (Wildman–Crippen LogP) is 2.82. The van der Waals surface area contributed by atoms with Gasteiger partial charge in [0.25, 0.3) is 0 Å². The zero-order chi connectivity index (χ0) is 11.7. The van der Waals surface area contributed by atoms with Gasteiger partial charge in [0.2, 0.25) is 0 Å². The van der Waals surface area contributed by atoms with Gasteiger partial charge in [0.15, 0.2) is 0 Å². The Morgan fingerprint density at radius 2 is 1.53 bits per heavy atom. The fourth-order valence-corrected chi connectivity index (χ4v) is 1.94. The summed E-state index contributed by atoms with van der Waals surface area (Å²) in [5, 5.41) is 18.3. The third kappa shape index (κ3) is 4.65. The Balaban J connectivity index is 4.48. The van der Waals surface area contributed by atoms with Crippen LogP contribution in [0.1, 0.15) is 58.8 Å². The van der Waals surface area contributed by atoms with Crippen LogP contribution in [0.5, 0.6) is 0 Å². The van der Waals surface area contributed by atoms with Gasteiger partial charge in [-0.2, -0.15) is 0 Å². The number of carbonyl (C=O) groups is 1. The van der Waals surface area contributed by atoms with Crippen LogP contribution in [0.15, 0.2) is 0 Å². The number of carboxylic acid groups (broad SMARTS) is 1. The van der Waals surface area contributed by atoms with Crippen LogP contribution in [0.3, 0.4) is 0 Å². The highest BCUT2D eigenvalue weighted by Gasteiger charge is 2.36. The predicted molar refractivity (Wildman–Crippen MR) is 60.8 cm³/mol. The molecule has 2 N–H and O–H groups in total. The molecule has 0 aromatic rings. The summed E-state index contributed by atoms with van der Waals surface area (Å²) in [7, 11) is 0. The van der Waals surface area contributed by atoms with E-state index < -0.39 is 11.4 Å². The van der Waals surface area contributed by atoms with Crippen molar-refractivity contribution in [2.24, 2.45) is 5.41 Å². The van der Waals surface area contributed by atoms with E-state index in [0.717, 1.165) is 25.7 Å². The van der Waals surface area contributed by atoms with Crippen molar-refractivity contribution in [3.8, 4) is 0 Å². The molecule has 0 amide bonds. The molecule has 0 aromatic carbocycles. The Morgan fingerprint density at radius 3 is 1.80 bits per heavy atom. The first-order chi connectivity index (χ1) is 7.13. The Kier molecular flexibility index (Phi) is 7.39. The van der Waals surface area contributed by atoms with E-state index in [4.69, 9.17) is 5.11 Å². The van der Waals surface area contributed by atoms with Crippen molar-refractivity contribution in [3.63, 3.8) is 0 Å². The van der Waals surface area contributed by atoms with Crippen molar-refractivity contribution in [2.75, 3.05) is 6.61 Å². The van der Waals surface area contributed by atoms with Crippen LogP contribution in [0.4, 0.5) is 0 Å². The summed E-state index contributed by atoms with van der Waals surface area (Å²) >= 11 is 0. The molecule has 0 saturated heterocycles. The normalized spacial score (nSPS) is 11.7. The molecule has 0 aliphatic rings. The maximum Gasteiger partial charge on any atom is 0.309 e. The van der Waals surface area contributed by atoms with Crippen molar-refractivity contribution >= 4 is 5.97 Å². The quantitative estimate of drug-likeness (QED) is 0.623. The van der Waals surface area contributed by atoms with Crippen molar-refractivity contribution in [1.82, 2.24) is 0 Å². The molecule has 0 unspecified atom stereocenters. The summed E-state index contributed by atoms with van der Waals surface area (Å²) in [6.07, 6.45) is 5.65. The Hall–Kier alpha value is -0.570. The van der Waals surface area contributed by atoms with Crippen LogP contribution >= 0.6 is 0 Å². The van der Waals surface area contributed by atoms with E-state index in [1.165, 1.54) is 0 Å². The van der Waals surface area contributed by atoms with Gasteiger partial charge in [-0.1, -0.05) is 39.5 Å². The molecular weight excluding hydrogens is 192 g/mol. The second-order valence-corrected chi connectivity index (χ2v) is 4.27. The standard InChI is InChI=1S/C12H24O3/c1-3-5-7-12(9-10-13,11(14)15)8-6-4-2/h13H,3-10H2,1-2H3,(H,14,15). The lowest BCUT2D eigenvalue weighted by Gasteiger charge is -2.28. The van der Waals surface area contributed by atoms with E-state index in [1.807, 2.05) is 0 Å². The lowest BCUT2D eigenvalue weighted by Crippen LogP contribution is -2.32. The number of aliphatic carboxylic acids is 1. The van der Waals surface area contributed by atoms with Gasteiger partial charge < -0.3 is 10.2 Å². The number of aliphatic hydroxyl groups is 1. The molecule has 0 fully saturated rings. The summed E-state index contributed by atoms with van der Waals surface area (Å²) in [4.78, 5) is 11.3. The summed E-state index contributed by atoms with van der Waals surface area (Å²) in [6.45, 7) is 4.09. The molecule has 0 bridgehead atoms. The lowest BCUT2D eigenvalue weighted by atomic mass is 9.76. The second-order valence-electron chi connectivity index (χ2n) is 4.27. The highest BCUT2D eigenvalue weighted by molar-refractivity contribution is 5.74. The van der Waals surface area contributed by atoms with Gasteiger partial charge in [0.1, 0.15) is 0 Å². The van der Waals surface area contributed by atoms with Crippen LogP contribution in [0, 0.1) is 5.41 Å². The summed E-state index contributed by atoms with van der Waals surface area (Å²) in [5.74, 6) is -0.738. The smallest absolute Gasteiger partial charge is 0.309 e. The number of aliphatic hydroxyl groups excluding tert-OH is 1. The Labute approximate surface area is 92.5 Å². The van der Waals surface area contributed by atoms with E-state index in [1.54, 1.807) is 0 Å². The highest BCUT2D eigenvalue weighted by Crippen LogP contribution is 2.34. The minimum absolute atomic E-state index is 0.0280. The maximum absolute atomic E-state index is 11.3. The molecule has 0 aromatic heterocycles.